The number of hydrogen-bond donors (Lipinski definition) is 0. The number of carbonyl (C=O) groups excluding carboxylic acids is 2. The Morgan fingerprint density at radius 1 is 1.00 bits per heavy atom. The number of para-hydroxylation sites is 2. The zero-order valence-electron chi connectivity index (χ0n) is 17.8. The fourth-order valence-electron chi connectivity index (χ4n) is 4.31. The van der Waals surface area contributed by atoms with Crippen LogP contribution in [0.2, 0.25) is 0 Å². The van der Waals surface area contributed by atoms with Crippen LogP contribution >= 0.6 is 11.3 Å². The van der Waals surface area contributed by atoms with Gasteiger partial charge >= 0.3 is 5.97 Å². The third-order valence-electron chi connectivity index (χ3n) is 5.91. The van der Waals surface area contributed by atoms with E-state index in [0.717, 1.165) is 10.2 Å². The van der Waals surface area contributed by atoms with Crippen molar-refractivity contribution in [2.45, 2.75) is 6.04 Å². The number of methoxy groups -OCH3 is 1. The highest BCUT2D eigenvalue weighted by Crippen LogP contribution is 2.43. The molecule has 166 valence electrons. The summed E-state index contributed by atoms with van der Waals surface area (Å²) in [6.07, 6.45) is 0. The predicted octanol–water partition coefficient (Wildman–Crippen LogP) is 4.94. The Labute approximate surface area is 196 Å². The molecule has 1 aliphatic rings. The smallest absolute Gasteiger partial charge is 0.337 e. The van der Waals surface area contributed by atoms with Gasteiger partial charge < -0.3 is 9.15 Å². The summed E-state index contributed by atoms with van der Waals surface area (Å²) < 4.78 is 11.7. The molecule has 5 aromatic rings. The maximum Gasteiger partial charge on any atom is 0.337 e. The fraction of sp³-hybridized carbons (Fsp3) is 0.0769. The number of thiazole rings is 1. The second-order valence-electron chi connectivity index (χ2n) is 7.83. The van der Waals surface area contributed by atoms with E-state index in [0.29, 0.717) is 27.2 Å². The first-order valence-corrected chi connectivity index (χ1v) is 11.3. The van der Waals surface area contributed by atoms with E-state index in [2.05, 4.69) is 4.98 Å². The number of amides is 1. The van der Waals surface area contributed by atoms with Crippen molar-refractivity contribution in [3.8, 4) is 0 Å². The molecule has 0 fully saturated rings. The average molecular weight is 468 g/mol. The Kier molecular flexibility index (Phi) is 4.56. The van der Waals surface area contributed by atoms with Crippen molar-refractivity contribution in [2.75, 3.05) is 12.0 Å². The van der Waals surface area contributed by atoms with Gasteiger partial charge in [0, 0.05) is 0 Å². The van der Waals surface area contributed by atoms with Crippen LogP contribution in [0.5, 0.6) is 0 Å². The number of carbonyl (C=O) groups is 2. The van der Waals surface area contributed by atoms with Crippen LogP contribution in [0.4, 0.5) is 5.13 Å². The van der Waals surface area contributed by atoms with Crippen LogP contribution in [0.25, 0.3) is 21.2 Å². The molecular formula is C26H16N2O5S. The monoisotopic (exact) mass is 468 g/mol. The number of benzene rings is 3. The zero-order valence-corrected chi connectivity index (χ0v) is 18.7. The Morgan fingerprint density at radius 2 is 1.74 bits per heavy atom. The topological polar surface area (TPSA) is 89.7 Å². The maximum atomic E-state index is 13.7. The highest BCUT2D eigenvalue weighted by molar-refractivity contribution is 7.22. The molecule has 8 heteroatoms. The number of nitrogens with zero attached hydrogens (tertiary/aromatic N) is 2. The number of rotatable bonds is 3. The van der Waals surface area contributed by atoms with Crippen molar-refractivity contribution in [2.24, 2.45) is 0 Å². The summed E-state index contributed by atoms with van der Waals surface area (Å²) in [5.41, 5.74) is 2.13. The minimum atomic E-state index is -0.754. The summed E-state index contributed by atoms with van der Waals surface area (Å²) in [5.74, 6) is -0.896. The van der Waals surface area contributed by atoms with Gasteiger partial charge in [0.05, 0.1) is 39.9 Å². The molecule has 0 saturated carbocycles. The molecule has 1 unspecified atom stereocenters. The van der Waals surface area contributed by atoms with Gasteiger partial charge in [-0.3, -0.25) is 14.5 Å². The van der Waals surface area contributed by atoms with Crippen molar-refractivity contribution >= 4 is 49.5 Å². The summed E-state index contributed by atoms with van der Waals surface area (Å²) in [4.78, 5) is 45.3. The average Bonchev–Trinajstić information content (AvgIpc) is 3.42. The molecule has 0 N–H and O–H groups in total. The van der Waals surface area contributed by atoms with Crippen LogP contribution in [-0.2, 0) is 4.74 Å². The lowest BCUT2D eigenvalue weighted by atomic mass is 9.98. The zero-order chi connectivity index (χ0) is 23.4. The van der Waals surface area contributed by atoms with Crippen molar-refractivity contribution in [1.82, 2.24) is 4.98 Å². The summed E-state index contributed by atoms with van der Waals surface area (Å²) in [6.45, 7) is 0. The van der Waals surface area contributed by atoms with Crippen molar-refractivity contribution < 1.29 is 18.7 Å². The van der Waals surface area contributed by atoms with E-state index in [1.165, 1.54) is 23.3 Å². The van der Waals surface area contributed by atoms with Crippen LogP contribution in [0.1, 0.15) is 38.1 Å². The standard InChI is InChI=1S/C26H16N2O5S/c1-32-25(31)15-12-10-14(11-13-15)21-20-22(29)16-6-2-4-8-18(16)33-23(20)24(30)28(21)26-27-17-7-3-5-9-19(17)34-26/h2-13,21H,1H3. The third-order valence-corrected chi connectivity index (χ3v) is 6.95. The molecule has 2 aromatic heterocycles. The quantitative estimate of drug-likeness (QED) is 0.349. The second-order valence-corrected chi connectivity index (χ2v) is 8.83. The van der Waals surface area contributed by atoms with Crippen LogP contribution in [0, 0.1) is 0 Å². The Bertz CT molecular complexity index is 1640. The lowest BCUT2D eigenvalue weighted by Crippen LogP contribution is -2.29. The van der Waals surface area contributed by atoms with Gasteiger partial charge in [0.15, 0.2) is 10.6 Å². The third kappa shape index (κ3) is 2.96. The Morgan fingerprint density at radius 3 is 2.50 bits per heavy atom. The van der Waals surface area contributed by atoms with Crippen LogP contribution in [-0.4, -0.2) is 24.0 Å². The van der Waals surface area contributed by atoms with Gasteiger partial charge in [0.1, 0.15) is 5.58 Å². The fourth-order valence-corrected chi connectivity index (χ4v) is 5.31. The first-order valence-electron chi connectivity index (χ1n) is 10.5. The van der Waals surface area contributed by atoms with Crippen LogP contribution in [0.15, 0.2) is 82.0 Å². The SMILES string of the molecule is COC(=O)c1ccc(C2c3c(oc4ccccc4c3=O)C(=O)N2c2nc3ccccc3s2)cc1. The first kappa shape index (κ1) is 20.3. The molecule has 7 nitrogen and oxygen atoms in total. The van der Waals surface area contributed by atoms with Gasteiger partial charge in [0.2, 0.25) is 5.76 Å². The number of fused-ring (bicyclic) bond motifs is 3. The summed E-state index contributed by atoms with van der Waals surface area (Å²) >= 11 is 1.37. The highest BCUT2D eigenvalue weighted by Gasteiger charge is 2.45. The van der Waals surface area contributed by atoms with E-state index in [1.807, 2.05) is 24.3 Å². The molecule has 3 aromatic carbocycles. The van der Waals surface area contributed by atoms with E-state index < -0.39 is 17.9 Å². The van der Waals surface area contributed by atoms with E-state index in [4.69, 9.17) is 9.15 Å². The van der Waals surface area contributed by atoms with Gasteiger partial charge in [-0.25, -0.2) is 9.78 Å². The summed E-state index contributed by atoms with van der Waals surface area (Å²) in [5, 5.41) is 0.861. The molecule has 1 amide bonds. The molecule has 1 atom stereocenters. The summed E-state index contributed by atoms with van der Waals surface area (Å²) in [7, 11) is 1.31. The number of esters is 1. The van der Waals surface area contributed by atoms with Crippen molar-refractivity contribution in [1.29, 1.82) is 0 Å². The molecule has 0 spiro atoms. The van der Waals surface area contributed by atoms with Crippen molar-refractivity contribution in [3.63, 3.8) is 0 Å². The van der Waals surface area contributed by atoms with Gasteiger partial charge in [-0.15, -0.1) is 0 Å². The maximum absolute atomic E-state index is 13.7. The summed E-state index contributed by atoms with van der Waals surface area (Å²) in [6, 6.07) is 20.4. The predicted molar refractivity (Wildman–Crippen MR) is 129 cm³/mol. The number of aromatic nitrogens is 1. The Balaban J connectivity index is 1.60. The first-order chi connectivity index (χ1) is 16.6. The molecule has 0 aliphatic carbocycles. The molecule has 0 bridgehead atoms. The van der Waals surface area contributed by atoms with Crippen molar-refractivity contribution in [3.05, 3.63) is 105 Å². The highest BCUT2D eigenvalue weighted by atomic mass is 32.1. The van der Waals surface area contributed by atoms with Gasteiger partial charge in [-0.1, -0.05) is 47.7 Å². The Hall–Kier alpha value is -4.30. The second kappa shape index (κ2) is 7.64. The molecule has 6 rings (SSSR count). The van der Waals surface area contributed by atoms with E-state index in [9.17, 15) is 14.4 Å². The molecule has 0 saturated heterocycles. The van der Waals surface area contributed by atoms with E-state index in [-0.39, 0.29) is 16.8 Å². The van der Waals surface area contributed by atoms with E-state index >= 15 is 0 Å². The number of ether oxygens (including phenoxy) is 1. The lowest BCUT2D eigenvalue weighted by Gasteiger charge is -2.22. The van der Waals surface area contributed by atoms with Gasteiger partial charge in [-0.2, -0.15) is 0 Å². The largest absolute Gasteiger partial charge is 0.465 e. The number of hydrogen-bond acceptors (Lipinski definition) is 7. The molecule has 1 aliphatic heterocycles. The lowest BCUT2D eigenvalue weighted by molar-refractivity contribution is 0.0600. The van der Waals surface area contributed by atoms with Gasteiger partial charge in [-0.05, 0) is 42.0 Å². The normalized spacial score (nSPS) is 15.1. The molecule has 34 heavy (non-hydrogen) atoms. The number of anilines is 1. The van der Waals surface area contributed by atoms with Gasteiger partial charge in [0.25, 0.3) is 5.91 Å². The van der Waals surface area contributed by atoms with Crippen LogP contribution in [0.3, 0.4) is 0 Å². The minimum Gasteiger partial charge on any atom is -0.465 e. The van der Waals surface area contributed by atoms with E-state index in [1.54, 1.807) is 48.5 Å². The van der Waals surface area contributed by atoms with Crippen LogP contribution < -0.4 is 10.3 Å². The molecule has 3 heterocycles. The molecular weight excluding hydrogens is 452 g/mol. The molecule has 0 radical (unpaired) electrons. The minimum absolute atomic E-state index is 0.00463.